The van der Waals surface area contributed by atoms with E-state index in [9.17, 15) is 0 Å². The average molecular weight is 138 g/mol. The zero-order chi connectivity index (χ0) is 7.23. The van der Waals surface area contributed by atoms with Gasteiger partial charge in [-0.15, -0.1) is 0 Å². The van der Waals surface area contributed by atoms with Crippen LogP contribution in [0, 0.1) is 5.92 Å². The van der Waals surface area contributed by atoms with E-state index in [0.29, 0.717) is 0 Å². The van der Waals surface area contributed by atoms with Crippen LogP contribution in [-0.2, 0) is 0 Å². The molecule has 0 nitrogen and oxygen atoms in total. The van der Waals surface area contributed by atoms with Crippen LogP contribution in [0.2, 0.25) is 0 Å². The lowest BCUT2D eigenvalue weighted by Gasteiger charge is -2.16. The predicted molar refractivity (Wildman–Crippen MR) is 46.0 cm³/mol. The van der Waals surface area contributed by atoms with Crippen molar-refractivity contribution in [3.05, 3.63) is 12.2 Å². The lowest BCUT2D eigenvalue weighted by atomic mass is 9.90. The van der Waals surface area contributed by atoms with Crippen LogP contribution in [0.3, 0.4) is 0 Å². The summed E-state index contributed by atoms with van der Waals surface area (Å²) in [4.78, 5) is 0. The molecule has 0 aromatic carbocycles. The minimum absolute atomic E-state index is 1.02. The summed E-state index contributed by atoms with van der Waals surface area (Å²) in [5, 5.41) is 0. The minimum Gasteiger partial charge on any atom is -0.0885 e. The summed E-state index contributed by atoms with van der Waals surface area (Å²) in [7, 11) is 0. The van der Waals surface area contributed by atoms with Crippen LogP contribution in [-0.4, -0.2) is 0 Å². The van der Waals surface area contributed by atoms with E-state index in [1.807, 2.05) is 0 Å². The van der Waals surface area contributed by atoms with Crippen molar-refractivity contribution in [1.29, 1.82) is 0 Å². The van der Waals surface area contributed by atoms with Gasteiger partial charge in [0.1, 0.15) is 0 Å². The summed E-state index contributed by atoms with van der Waals surface area (Å²) in [5.41, 5.74) is 0. The predicted octanol–water partition coefficient (Wildman–Crippen LogP) is 3.53. The fourth-order valence-electron chi connectivity index (χ4n) is 1.61. The van der Waals surface area contributed by atoms with Crippen LogP contribution in [0.4, 0.5) is 0 Å². The third-order valence-corrected chi connectivity index (χ3v) is 2.34. The molecule has 0 aromatic heterocycles. The topological polar surface area (TPSA) is 0 Å². The second kappa shape index (κ2) is 4.54. The van der Waals surface area contributed by atoms with Gasteiger partial charge in [-0.2, -0.15) is 0 Å². The average Bonchev–Trinajstić information content (AvgIpc) is 2.03. The highest BCUT2D eigenvalue weighted by Crippen LogP contribution is 2.22. The van der Waals surface area contributed by atoms with Gasteiger partial charge in [0.05, 0.1) is 0 Å². The van der Waals surface area contributed by atoms with Gasteiger partial charge in [-0.3, -0.25) is 0 Å². The van der Waals surface area contributed by atoms with Gasteiger partial charge in [-0.25, -0.2) is 0 Å². The van der Waals surface area contributed by atoms with Gasteiger partial charge >= 0.3 is 0 Å². The fourth-order valence-corrected chi connectivity index (χ4v) is 1.61. The van der Waals surface area contributed by atoms with Crippen molar-refractivity contribution in [1.82, 2.24) is 0 Å². The van der Waals surface area contributed by atoms with Crippen LogP contribution in [0.25, 0.3) is 0 Å². The standard InChI is InChI=1S/C10H18/c1-2-3-7-10-8-5-4-6-9-10/h4-5,10H,2-3,6-9H2,1H3/t10-/m0/s1. The third kappa shape index (κ3) is 2.55. The molecule has 1 aliphatic carbocycles. The highest BCUT2D eigenvalue weighted by Gasteiger charge is 2.07. The maximum absolute atomic E-state index is 2.35. The molecule has 0 spiro atoms. The zero-order valence-corrected chi connectivity index (χ0v) is 6.97. The van der Waals surface area contributed by atoms with Crippen molar-refractivity contribution in [3.63, 3.8) is 0 Å². The second-order valence-electron chi connectivity index (χ2n) is 3.29. The summed E-state index contributed by atoms with van der Waals surface area (Å²) in [6.45, 7) is 2.28. The lowest BCUT2D eigenvalue weighted by molar-refractivity contribution is 0.429. The Morgan fingerprint density at radius 1 is 1.40 bits per heavy atom. The van der Waals surface area contributed by atoms with E-state index < -0.39 is 0 Å². The van der Waals surface area contributed by atoms with Gasteiger partial charge in [-0.05, 0) is 25.2 Å². The van der Waals surface area contributed by atoms with Crippen LogP contribution < -0.4 is 0 Å². The molecule has 1 atom stereocenters. The Morgan fingerprint density at radius 3 is 2.90 bits per heavy atom. The minimum atomic E-state index is 1.02. The molecule has 0 bridgehead atoms. The Bertz CT molecular complexity index is 103. The van der Waals surface area contributed by atoms with E-state index in [1.165, 1.54) is 38.5 Å². The Morgan fingerprint density at radius 2 is 2.30 bits per heavy atom. The molecule has 0 saturated carbocycles. The molecule has 1 rings (SSSR count). The first-order valence-corrected chi connectivity index (χ1v) is 4.58. The van der Waals surface area contributed by atoms with E-state index in [2.05, 4.69) is 19.1 Å². The van der Waals surface area contributed by atoms with Crippen LogP contribution in [0.1, 0.15) is 45.4 Å². The molecule has 0 heteroatoms. The van der Waals surface area contributed by atoms with Gasteiger partial charge in [0.25, 0.3) is 0 Å². The molecule has 0 amide bonds. The summed E-state index contributed by atoms with van der Waals surface area (Å²) in [6, 6.07) is 0. The maximum atomic E-state index is 2.35. The molecular weight excluding hydrogens is 120 g/mol. The molecule has 0 unspecified atom stereocenters. The molecule has 0 aliphatic heterocycles. The van der Waals surface area contributed by atoms with Gasteiger partial charge in [0.15, 0.2) is 0 Å². The summed E-state index contributed by atoms with van der Waals surface area (Å²) < 4.78 is 0. The highest BCUT2D eigenvalue weighted by molar-refractivity contribution is 4.89. The number of allylic oxidation sites excluding steroid dienone is 2. The van der Waals surface area contributed by atoms with Crippen molar-refractivity contribution < 1.29 is 0 Å². The summed E-state index contributed by atoms with van der Waals surface area (Å²) in [5.74, 6) is 1.02. The molecule has 1 aliphatic rings. The molecular formula is C10H18. The molecule has 0 heterocycles. The Labute approximate surface area is 64.3 Å². The van der Waals surface area contributed by atoms with Gasteiger partial charge in [-0.1, -0.05) is 38.3 Å². The molecule has 0 saturated heterocycles. The first-order chi connectivity index (χ1) is 4.93. The Kier molecular flexibility index (Phi) is 3.56. The first kappa shape index (κ1) is 7.84. The van der Waals surface area contributed by atoms with Gasteiger partial charge in [0.2, 0.25) is 0 Å². The smallest absolute Gasteiger partial charge is 0.0322 e. The van der Waals surface area contributed by atoms with Crippen molar-refractivity contribution in [2.24, 2.45) is 5.92 Å². The van der Waals surface area contributed by atoms with Gasteiger partial charge < -0.3 is 0 Å². The van der Waals surface area contributed by atoms with Crippen LogP contribution in [0.5, 0.6) is 0 Å². The maximum Gasteiger partial charge on any atom is -0.0322 e. The van der Waals surface area contributed by atoms with E-state index in [1.54, 1.807) is 0 Å². The lowest BCUT2D eigenvalue weighted by Crippen LogP contribution is -2.01. The number of hydrogen-bond acceptors (Lipinski definition) is 0. The Hall–Kier alpha value is -0.260. The first-order valence-electron chi connectivity index (χ1n) is 4.58. The number of rotatable bonds is 3. The van der Waals surface area contributed by atoms with Gasteiger partial charge in [0, 0.05) is 0 Å². The van der Waals surface area contributed by atoms with E-state index in [0.717, 1.165) is 5.92 Å². The van der Waals surface area contributed by atoms with E-state index >= 15 is 0 Å². The number of hydrogen-bond donors (Lipinski definition) is 0. The third-order valence-electron chi connectivity index (χ3n) is 2.34. The zero-order valence-electron chi connectivity index (χ0n) is 6.97. The molecule has 58 valence electrons. The van der Waals surface area contributed by atoms with Crippen molar-refractivity contribution in [3.8, 4) is 0 Å². The summed E-state index contributed by atoms with van der Waals surface area (Å²) >= 11 is 0. The fraction of sp³-hybridized carbons (Fsp3) is 0.800. The second-order valence-corrected chi connectivity index (χ2v) is 3.29. The van der Waals surface area contributed by atoms with Crippen LogP contribution >= 0.6 is 0 Å². The molecule has 0 N–H and O–H groups in total. The van der Waals surface area contributed by atoms with Crippen molar-refractivity contribution in [2.75, 3.05) is 0 Å². The highest BCUT2D eigenvalue weighted by atomic mass is 14.1. The molecule has 10 heavy (non-hydrogen) atoms. The van der Waals surface area contributed by atoms with Crippen LogP contribution in [0.15, 0.2) is 12.2 Å². The Balaban J connectivity index is 2.10. The van der Waals surface area contributed by atoms with E-state index in [4.69, 9.17) is 0 Å². The normalized spacial score (nSPS) is 25.1. The SMILES string of the molecule is CCCC[C@H]1CC=CCC1. The largest absolute Gasteiger partial charge is 0.0885 e. The van der Waals surface area contributed by atoms with Crippen molar-refractivity contribution in [2.45, 2.75) is 45.4 Å². The quantitative estimate of drug-likeness (QED) is 0.523. The van der Waals surface area contributed by atoms with Crippen molar-refractivity contribution >= 4 is 0 Å². The van der Waals surface area contributed by atoms with E-state index in [-0.39, 0.29) is 0 Å². The molecule has 0 fully saturated rings. The summed E-state index contributed by atoms with van der Waals surface area (Å²) in [6.07, 6.45) is 13.0. The monoisotopic (exact) mass is 138 g/mol. The molecule has 0 aromatic rings. The molecule has 0 radical (unpaired) electrons. The number of unbranched alkanes of at least 4 members (excludes halogenated alkanes) is 1.